The Morgan fingerprint density at radius 3 is 2.21 bits per heavy atom. The molecule has 19 heavy (non-hydrogen) atoms. The third-order valence-corrected chi connectivity index (χ3v) is 4.14. The Kier molecular flexibility index (Phi) is 7.21. The van der Waals surface area contributed by atoms with E-state index < -0.39 is 0 Å². The maximum absolute atomic E-state index is 12.0. The molecular formula is C15H31N3O. The number of carbonyl (C=O) groups is 1. The number of hydrogen-bond donors (Lipinski definition) is 1. The summed E-state index contributed by atoms with van der Waals surface area (Å²) in [4.78, 5) is 16.4. The molecule has 0 aliphatic carbocycles. The van der Waals surface area contributed by atoms with E-state index in [0.717, 1.165) is 19.6 Å². The number of nitrogens with zero attached hydrogens (tertiary/aromatic N) is 2. The average Bonchev–Trinajstić information content (AvgIpc) is 2.41. The highest BCUT2D eigenvalue weighted by Crippen LogP contribution is 2.17. The molecule has 0 radical (unpaired) electrons. The summed E-state index contributed by atoms with van der Waals surface area (Å²) in [7, 11) is 0. The van der Waals surface area contributed by atoms with Gasteiger partial charge in [-0.2, -0.15) is 0 Å². The lowest BCUT2D eigenvalue weighted by atomic mass is 9.99. The van der Waals surface area contributed by atoms with Crippen LogP contribution in [0, 0.1) is 5.92 Å². The second-order valence-corrected chi connectivity index (χ2v) is 5.77. The largest absolute Gasteiger partial charge is 0.336 e. The molecule has 4 nitrogen and oxygen atoms in total. The van der Waals surface area contributed by atoms with E-state index in [2.05, 4.69) is 24.1 Å². The first kappa shape index (κ1) is 16.3. The summed E-state index contributed by atoms with van der Waals surface area (Å²) in [6.07, 6.45) is 3.95. The molecule has 0 aromatic rings. The first-order valence-electron chi connectivity index (χ1n) is 7.86. The molecule has 0 aromatic carbocycles. The molecule has 1 aliphatic heterocycles. The quantitative estimate of drug-likeness (QED) is 0.804. The monoisotopic (exact) mass is 269 g/mol. The van der Waals surface area contributed by atoms with E-state index in [9.17, 15) is 4.79 Å². The van der Waals surface area contributed by atoms with E-state index in [1.165, 1.54) is 32.4 Å². The third-order valence-electron chi connectivity index (χ3n) is 4.14. The van der Waals surface area contributed by atoms with E-state index in [1.54, 1.807) is 0 Å². The molecule has 1 aliphatic rings. The van der Waals surface area contributed by atoms with Gasteiger partial charge in [0, 0.05) is 25.7 Å². The van der Waals surface area contributed by atoms with E-state index in [1.807, 2.05) is 18.7 Å². The molecule has 1 fully saturated rings. The first-order chi connectivity index (χ1) is 9.10. The molecule has 1 N–H and O–H groups in total. The van der Waals surface area contributed by atoms with Gasteiger partial charge in [0.15, 0.2) is 0 Å². The van der Waals surface area contributed by atoms with E-state index in [0.29, 0.717) is 12.0 Å². The van der Waals surface area contributed by atoms with E-state index in [4.69, 9.17) is 0 Å². The van der Waals surface area contributed by atoms with Crippen LogP contribution in [-0.2, 0) is 0 Å². The molecule has 1 rings (SSSR count). The van der Waals surface area contributed by atoms with Crippen molar-refractivity contribution in [1.82, 2.24) is 15.1 Å². The van der Waals surface area contributed by atoms with Crippen molar-refractivity contribution in [1.29, 1.82) is 0 Å². The molecule has 0 aromatic heterocycles. The zero-order valence-electron chi connectivity index (χ0n) is 13.1. The highest BCUT2D eigenvalue weighted by molar-refractivity contribution is 5.74. The van der Waals surface area contributed by atoms with Gasteiger partial charge in [0.05, 0.1) is 0 Å². The molecule has 4 heteroatoms. The Morgan fingerprint density at radius 1 is 1.16 bits per heavy atom. The van der Waals surface area contributed by atoms with Crippen LogP contribution in [0.5, 0.6) is 0 Å². The number of rotatable bonds is 6. The summed E-state index contributed by atoms with van der Waals surface area (Å²) in [5.41, 5.74) is 0. The topological polar surface area (TPSA) is 35.6 Å². The standard InChI is InChI=1S/C15H31N3O/c1-5-17(6-2)15(19)16-12-14(13(3)4)18-10-8-7-9-11-18/h13-14H,5-12H2,1-4H3,(H,16,19). The van der Waals surface area contributed by atoms with Crippen LogP contribution in [-0.4, -0.2) is 54.6 Å². The van der Waals surface area contributed by atoms with Crippen molar-refractivity contribution >= 4 is 6.03 Å². The van der Waals surface area contributed by atoms with Crippen LogP contribution in [0.1, 0.15) is 47.0 Å². The van der Waals surface area contributed by atoms with Crippen molar-refractivity contribution in [2.75, 3.05) is 32.7 Å². The minimum atomic E-state index is 0.0765. The predicted octanol–water partition coefficient (Wildman–Crippen LogP) is 2.55. The summed E-state index contributed by atoms with van der Waals surface area (Å²) in [6, 6.07) is 0.549. The average molecular weight is 269 g/mol. The van der Waals surface area contributed by atoms with Crippen LogP contribution in [0.4, 0.5) is 4.79 Å². The van der Waals surface area contributed by atoms with E-state index >= 15 is 0 Å². The van der Waals surface area contributed by atoms with Gasteiger partial charge < -0.3 is 10.2 Å². The number of piperidine rings is 1. The molecule has 1 unspecified atom stereocenters. The first-order valence-corrected chi connectivity index (χ1v) is 7.86. The molecular weight excluding hydrogens is 238 g/mol. The van der Waals surface area contributed by atoms with Crippen molar-refractivity contribution in [2.24, 2.45) is 5.92 Å². The second kappa shape index (κ2) is 8.41. The van der Waals surface area contributed by atoms with Crippen molar-refractivity contribution in [3.8, 4) is 0 Å². The Balaban J connectivity index is 2.47. The Morgan fingerprint density at radius 2 is 1.74 bits per heavy atom. The van der Waals surface area contributed by atoms with Gasteiger partial charge in [-0.3, -0.25) is 4.90 Å². The van der Waals surface area contributed by atoms with E-state index in [-0.39, 0.29) is 6.03 Å². The summed E-state index contributed by atoms with van der Waals surface area (Å²) >= 11 is 0. The van der Waals surface area contributed by atoms with Crippen LogP contribution in [0.25, 0.3) is 0 Å². The van der Waals surface area contributed by atoms with Crippen molar-refractivity contribution in [2.45, 2.75) is 53.0 Å². The van der Waals surface area contributed by atoms with Gasteiger partial charge in [0.25, 0.3) is 0 Å². The fourth-order valence-electron chi connectivity index (χ4n) is 2.85. The van der Waals surface area contributed by atoms with Crippen LogP contribution in [0.2, 0.25) is 0 Å². The molecule has 0 saturated carbocycles. The Hall–Kier alpha value is -0.770. The predicted molar refractivity (Wildman–Crippen MR) is 80.4 cm³/mol. The fourth-order valence-corrected chi connectivity index (χ4v) is 2.85. The summed E-state index contributed by atoms with van der Waals surface area (Å²) < 4.78 is 0. The second-order valence-electron chi connectivity index (χ2n) is 5.77. The summed E-state index contributed by atoms with van der Waals surface area (Å²) in [5.74, 6) is 0.579. The zero-order valence-corrected chi connectivity index (χ0v) is 13.1. The Bertz CT molecular complexity index is 258. The minimum Gasteiger partial charge on any atom is -0.336 e. The maximum atomic E-state index is 12.0. The number of amides is 2. The molecule has 0 bridgehead atoms. The van der Waals surface area contributed by atoms with Gasteiger partial charge in [-0.1, -0.05) is 20.3 Å². The lowest BCUT2D eigenvalue weighted by Crippen LogP contribution is -2.51. The Labute approximate surface area is 118 Å². The van der Waals surface area contributed by atoms with Gasteiger partial charge in [-0.15, -0.1) is 0 Å². The SMILES string of the molecule is CCN(CC)C(=O)NCC(C(C)C)N1CCCCC1. The molecule has 2 amide bonds. The van der Waals surface area contributed by atoms with Gasteiger partial charge in [0.2, 0.25) is 0 Å². The van der Waals surface area contributed by atoms with Crippen LogP contribution in [0.15, 0.2) is 0 Å². The fraction of sp³-hybridized carbons (Fsp3) is 0.933. The van der Waals surface area contributed by atoms with Gasteiger partial charge in [-0.05, 0) is 45.7 Å². The van der Waals surface area contributed by atoms with Crippen LogP contribution in [0.3, 0.4) is 0 Å². The van der Waals surface area contributed by atoms with Crippen LogP contribution < -0.4 is 5.32 Å². The third kappa shape index (κ3) is 5.01. The maximum Gasteiger partial charge on any atom is 0.317 e. The van der Waals surface area contributed by atoms with Gasteiger partial charge in [-0.25, -0.2) is 4.79 Å². The number of carbonyl (C=O) groups excluding carboxylic acids is 1. The highest BCUT2D eigenvalue weighted by Gasteiger charge is 2.24. The minimum absolute atomic E-state index is 0.0765. The van der Waals surface area contributed by atoms with Crippen LogP contribution >= 0.6 is 0 Å². The number of urea groups is 1. The lowest BCUT2D eigenvalue weighted by Gasteiger charge is -2.37. The van der Waals surface area contributed by atoms with Gasteiger partial charge in [0.1, 0.15) is 0 Å². The number of likely N-dealkylation sites (tertiary alicyclic amines) is 1. The molecule has 1 saturated heterocycles. The molecule has 112 valence electrons. The number of nitrogens with one attached hydrogen (secondary N) is 1. The molecule has 0 spiro atoms. The lowest BCUT2D eigenvalue weighted by molar-refractivity contribution is 0.124. The number of hydrogen-bond acceptors (Lipinski definition) is 2. The van der Waals surface area contributed by atoms with Crippen molar-refractivity contribution in [3.63, 3.8) is 0 Å². The zero-order chi connectivity index (χ0) is 14.3. The molecule has 1 heterocycles. The summed E-state index contributed by atoms with van der Waals surface area (Å²) in [6.45, 7) is 13.2. The smallest absolute Gasteiger partial charge is 0.317 e. The van der Waals surface area contributed by atoms with Crippen molar-refractivity contribution in [3.05, 3.63) is 0 Å². The normalized spacial score (nSPS) is 18.4. The highest BCUT2D eigenvalue weighted by atomic mass is 16.2. The van der Waals surface area contributed by atoms with Gasteiger partial charge >= 0.3 is 6.03 Å². The van der Waals surface area contributed by atoms with Crippen molar-refractivity contribution < 1.29 is 4.79 Å². The summed E-state index contributed by atoms with van der Waals surface area (Å²) in [5, 5.41) is 3.11. The molecule has 1 atom stereocenters.